The van der Waals surface area contributed by atoms with E-state index >= 15 is 0 Å². The number of terminal acetylenes is 1. The molecule has 0 aliphatic heterocycles. The van der Waals surface area contributed by atoms with E-state index < -0.39 is 0 Å². The lowest BCUT2D eigenvalue weighted by atomic mass is 9.95. The van der Waals surface area contributed by atoms with Crippen LogP contribution in [-0.4, -0.2) is 7.11 Å². The molecule has 0 bridgehead atoms. The van der Waals surface area contributed by atoms with Gasteiger partial charge in [-0.2, -0.15) is 0 Å². The highest BCUT2D eigenvalue weighted by molar-refractivity contribution is 5.91. The van der Waals surface area contributed by atoms with Crippen molar-refractivity contribution in [3.05, 3.63) is 42.0 Å². The van der Waals surface area contributed by atoms with Gasteiger partial charge in [0, 0.05) is 11.3 Å². The molecule has 2 rings (SSSR count). The van der Waals surface area contributed by atoms with Gasteiger partial charge in [0.25, 0.3) is 0 Å². The van der Waals surface area contributed by atoms with Crippen LogP contribution in [0.2, 0.25) is 0 Å². The van der Waals surface area contributed by atoms with Crippen LogP contribution in [0.25, 0.3) is 10.8 Å². The van der Waals surface area contributed by atoms with Gasteiger partial charge >= 0.3 is 0 Å². The molecular formula is C15H14O. The summed E-state index contributed by atoms with van der Waals surface area (Å²) < 4.78 is 5.34. The van der Waals surface area contributed by atoms with Gasteiger partial charge in [-0.05, 0) is 23.9 Å². The number of hydrogen-bond acceptors (Lipinski definition) is 1. The fraction of sp³-hybridized carbons (Fsp3) is 0.200. The van der Waals surface area contributed by atoms with Crippen molar-refractivity contribution in [2.45, 2.75) is 12.8 Å². The van der Waals surface area contributed by atoms with Gasteiger partial charge in [0.2, 0.25) is 0 Å². The number of methoxy groups -OCH3 is 1. The first-order valence-corrected chi connectivity index (χ1v) is 5.29. The Labute approximate surface area is 96.1 Å². The fourth-order valence-electron chi connectivity index (χ4n) is 1.94. The Morgan fingerprint density at radius 3 is 2.44 bits per heavy atom. The van der Waals surface area contributed by atoms with Crippen molar-refractivity contribution < 1.29 is 4.74 Å². The number of rotatable bonds is 2. The fourth-order valence-corrected chi connectivity index (χ4v) is 1.94. The van der Waals surface area contributed by atoms with E-state index in [9.17, 15) is 0 Å². The highest BCUT2D eigenvalue weighted by Gasteiger charge is 2.09. The van der Waals surface area contributed by atoms with E-state index in [4.69, 9.17) is 11.2 Å². The summed E-state index contributed by atoms with van der Waals surface area (Å²) in [7, 11) is 1.69. The zero-order valence-corrected chi connectivity index (χ0v) is 9.53. The molecule has 0 aliphatic rings. The zero-order valence-electron chi connectivity index (χ0n) is 9.53. The second-order valence-corrected chi connectivity index (χ2v) is 3.79. The van der Waals surface area contributed by atoms with Crippen molar-refractivity contribution >= 4 is 10.8 Å². The number of hydrogen-bond donors (Lipinski definition) is 0. The monoisotopic (exact) mass is 210 g/mol. The van der Waals surface area contributed by atoms with E-state index in [2.05, 4.69) is 18.1 Å². The van der Waals surface area contributed by atoms with Crippen LogP contribution in [-0.2, 0) is 0 Å². The molecule has 2 aromatic carbocycles. The van der Waals surface area contributed by atoms with E-state index in [1.54, 1.807) is 7.11 Å². The van der Waals surface area contributed by atoms with Crippen LogP contribution in [0.3, 0.4) is 0 Å². The maximum Gasteiger partial charge on any atom is 0.126 e. The van der Waals surface area contributed by atoms with Crippen LogP contribution in [0.15, 0.2) is 36.4 Å². The molecule has 1 atom stereocenters. The van der Waals surface area contributed by atoms with Crippen LogP contribution in [0.4, 0.5) is 0 Å². The Hall–Kier alpha value is -1.94. The zero-order chi connectivity index (χ0) is 11.5. The van der Waals surface area contributed by atoms with Crippen LogP contribution < -0.4 is 4.74 Å². The molecule has 0 fully saturated rings. The average molecular weight is 210 g/mol. The van der Waals surface area contributed by atoms with Gasteiger partial charge in [-0.3, -0.25) is 0 Å². The van der Waals surface area contributed by atoms with Crippen molar-refractivity contribution in [2.24, 2.45) is 0 Å². The summed E-state index contributed by atoms with van der Waals surface area (Å²) in [6, 6.07) is 12.2. The Morgan fingerprint density at radius 2 is 1.81 bits per heavy atom. The summed E-state index contributed by atoms with van der Waals surface area (Å²) in [5, 5.41) is 2.29. The smallest absolute Gasteiger partial charge is 0.126 e. The Kier molecular flexibility index (Phi) is 2.83. The largest absolute Gasteiger partial charge is 0.496 e. The van der Waals surface area contributed by atoms with E-state index in [-0.39, 0.29) is 5.92 Å². The molecule has 0 saturated heterocycles. The number of benzene rings is 2. The molecule has 0 aliphatic carbocycles. The van der Waals surface area contributed by atoms with Gasteiger partial charge in [0.1, 0.15) is 5.75 Å². The minimum absolute atomic E-state index is 0.121. The first kappa shape index (κ1) is 10.6. The summed E-state index contributed by atoms with van der Waals surface area (Å²) in [5.41, 5.74) is 1.18. The van der Waals surface area contributed by atoms with Gasteiger partial charge in [0.15, 0.2) is 0 Å². The van der Waals surface area contributed by atoms with Crippen LogP contribution >= 0.6 is 0 Å². The number of fused-ring (bicyclic) bond motifs is 1. The first-order valence-electron chi connectivity index (χ1n) is 5.29. The standard InChI is InChI=1S/C15H14O/c1-4-11(2)12-9-10-15(16-3)14-8-6-5-7-13(12)14/h1,5-11H,2-3H3. The molecule has 0 radical (unpaired) electrons. The lowest BCUT2D eigenvalue weighted by Crippen LogP contribution is -1.93. The van der Waals surface area contributed by atoms with Crippen molar-refractivity contribution in [3.63, 3.8) is 0 Å². The van der Waals surface area contributed by atoms with Crippen LogP contribution in [0, 0.1) is 12.3 Å². The summed E-state index contributed by atoms with van der Waals surface area (Å²) in [5.74, 6) is 3.78. The average Bonchev–Trinajstić information content (AvgIpc) is 2.36. The third-order valence-corrected chi connectivity index (χ3v) is 2.85. The summed E-state index contributed by atoms with van der Waals surface area (Å²) in [6.45, 7) is 2.04. The third kappa shape index (κ3) is 1.63. The predicted molar refractivity (Wildman–Crippen MR) is 67.7 cm³/mol. The molecule has 0 amide bonds. The second-order valence-electron chi connectivity index (χ2n) is 3.79. The van der Waals surface area contributed by atoms with Crippen LogP contribution in [0.1, 0.15) is 18.4 Å². The van der Waals surface area contributed by atoms with E-state index in [1.165, 1.54) is 10.9 Å². The molecular weight excluding hydrogens is 196 g/mol. The third-order valence-electron chi connectivity index (χ3n) is 2.85. The Balaban J connectivity index is 2.75. The molecule has 16 heavy (non-hydrogen) atoms. The molecule has 1 heteroatoms. The summed E-state index contributed by atoms with van der Waals surface area (Å²) in [4.78, 5) is 0. The molecule has 2 aromatic rings. The highest BCUT2D eigenvalue weighted by atomic mass is 16.5. The maximum atomic E-state index is 5.48. The highest BCUT2D eigenvalue weighted by Crippen LogP contribution is 2.31. The normalized spacial score (nSPS) is 12.1. The summed E-state index contributed by atoms with van der Waals surface area (Å²) in [6.07, 6.45) is 5.48. The van der Waals surface area contributed by atoms with Gasteiger partial charge < -0.3 is 4.74 Å². The molecule has 0 saturated carbocycles. The van der Waals surface area contributed by atoms with E-state index in [0.717, 1.165) is 11.1 Å². The topological polar surface area (TPSA) is 9.23 Å². The van der Waals surface area contributed by atoms with E-state index in [0.29, 0.717) is 0 Å². The van der Waals surface area contributed by atoms with Crippen LogP contribution in [0.5, 0.6) is 5.75 Å². The minimum atomic E-state index is 0.121. The van der Waals surface area contributed by atoms with Crippen molar-refractivity contribution in [1.82, 2.24) is 0 Å². The molecule has 1 unspecified atom stereocenters. The molecule has 0 heterocycles. The van der Waals surface area contributed by atoms with E-state index in [1.807, 2.05) is 31.2 Å². The predicted octanol–water partition coefficient (Wildman–Crippen LogP) is 3.59. The lowest BCUT2D eigenvalue weighted by Gasteiger charge is -2.12. The van der Waals surface area contributed by atoms with Crippen molar-refractivity contribution in [1.29, 1.82) is 0 Å². The molecule has 0 N–H and O–H groups in total. The van der Waals surface area contributed by atoms with Gasteiger partial charge in [-0.1, -0.05) is 36.3 Å². The SMILES string of the molecule is C#CC(C)c1ccc(OC)c2ccccc12. The quantitative estimate of drug-likeness (QED) is 0.688. The molecule has 1 nitrogen and oxygen atoms in total. The second kappa shape index (κ2) is 4.28. The van der Waals surface area contributed by atoms with Crippen molar-refractivity contribution in [2.75, 3.05) is 7.11 Å². The Morgan fingerprint density at radius 1 is 1.12 bits per heavy atom. The summed E-state index contributed by atoms with van der Waals surface area (Å²) >= 11 is 0. The molecule has 0 spiro atoms. The minimum Gasteiger partial charge on any atom is -0.496 e. The Bertz CT molecular complexity index is 549. The lowest BCUT2D eigenvalue weighted by molar-refractivity contribution is 0.419. The maximum absolute atomic E-state index is 5.48. The number of ether oxygens (including phenoxy) is 1. The van der Waals surface area contributed by atoms with Gasteiger partial charge in [-0.25, -0.2) is 0 Å². The molecule has 80 valence electrons. The van der Waals surface area contributed by atoms with Gasteiger partial charge in [0.05, 0.1) is 7.11 Å². The molecule has 0 aromatic heterocycles. The van der Waals surface area contributed by atoms with Gasteiger partial charge in [-0.15, -0.1) is 6.42 Å². The van der Waals surface area contributed by atoms with Crippen molar-refractivity contribution in [3.8, 4) is 18.1 Å². The first-order chi connectivity index (χ1) is 7.77.